The Kier molecular flexibility index (Phi) is 8.61. The first-order chi connectivity index (χ1) is 8.73. The molecule has 0 aliphatic heterocycles. The van der Waals surface area contributed by atoms with E-state index in [0.29, 0.717) is 11.1 Å². The molecule has 0 aliphatic rings. The Hall–Kier alpha value is -1.86. The topological polar surface area (TPSA) is 97.3 Å². The van der Waals surface area contributed by atoms with Crippen LogP contribution in [0.15, 0.2) is 18.2 Å². The number of nitro groups is 1. The van der Waals surface area contributed by atoms with E-state index in [1.165, 1.54) is 12.1 Å². The molecule has 0 spiro atoms. The number of halogens is 2. The van der Waals surface area contributed by atoms with Crippen molar-refractivity contribution in [3.05, 3.63) is 39.4 Å². The summed E-state index contributed by atoms with van der Waals surface area (Å²) in [5.74, 6) is 0.327. The third-order valence-corrected chi connectivity index (χ3v) is 2.57. The lowest BCUT2D eigenvalue weighted by Crippen LogP contribution is -2.24. The summed E-state index contributed by atoms with van der Waals surface area (Å²) in [6.07, 6.45) is 0. The Bertz CT molecular complexity index is 508. The first-order valence-electron chi connectivity index (χ1n) is 5.56. The molecule has 0 unspecified atom stereocenters. The molecule has 0 amide bonds. The highest BCUT2D eigenvalue weighted by atomic mass is 35.5. The lowest BCUT2D eigenvalue weighted by Gasteiger charge is -2.17. The lowest BCUT2D eigenvalue weighted by molar-refractivity contribution is -0.384. The zero-order valence-corrected chi connectivity index (χ0v) is 13.8. The number of hydrogen-bond donors (Lipinski definition) is 2. The first-order valence-corrected chi connectivity index (χ1v) is 5.56. The second-order valence-corrected chi connectivity index (χ2v) is 4.51. The van der Waals surface area contributed by atoms with Gasteiger partial charge in [0, 0.05) is 51.5 Å². The van der Waals surface area contributed by atoms with Crippen LogP contribution in [0.1, 0.15) is 11.1 Å². The van der Waals surface area contributed by atoms with E-state index in [-0.39, 0.29) is 42.2 Å². The molecule has 118 valence electrons. The van der Waals surface area contributed by atoms with Gasteiger partial charge in [0.25, 0.3) is 5.69 Å². The molecule has 0 aromatic heterocycles. The summed E-state index contributed by atoms with van der Waals surface area (Å²) in [5.41, 5.74) is 0.715. The summed E-state index contributed by atoms with van der Waals surface area (Å²) >= 11 is 0. The second kappa shape index (κ2) is 8.43. The number of benzene rings is 1. The Balaban J connectivity index is 0. The Morgan fingerprint density at radius 3 is 1.52 bits per heavy atom. The normalized spacial score (nSPS) is 8.95. The highest BCUT2D eigenvalue weighted by Gasteiger charge is 2.16. The minimum Gasteiger partial charge on any atom is -0.363 e. The monoisotopic (exact) mass is 335 g/mol. The van der Waals surface area contributed by atoms with E-state index in [1.807, 2.05) is 0 Å². The van der Waals surface area contributed by atoms with Gasteiger partial charge in [-0.05, 0) is 6.07 Å². The molecule has 0 radical (unpaired) electrons. The van der Waals surface area contributed by atoms with Crippen LogP contribution in [0.3, 0.4) is 0 Å². The molecule has 0 saturated carbocycles. The molecule has 0 atom stereocenters. The molecular formula is C12H19Cl2N5O2. The standard InChI is InChI=1S/C12H17N5O2.2ClH/c1-15(2)11(13)8-5-9(12(14)16(3)4)7-10(6-8)17(18)19;;/h5-7,13-14H,1-4H3;2*1H. The van der Waals surface area contributed by atoms with E-state index >= 15 is 0 Å². The van der Waals surface area contributed by atoms with Crippen LogP contribution in [0.4, 0.5) is 5.69 Å². The number of nitrogens with zero attached hydrogens (tertiary/aromatic N) is 3. The number of non-ortho nitro benzene ring substituents is 1. The third kappa shape index (κ3) is 5.20. The van der Waals surface area contributed by atoms with Gasteiger partial charge in [-0.1, -0.05) is 0 Å². The SMILES string of the molecule is CN(C)C(=N)c1cc(C(=N)N(C)C)cc([N+](=O)[O-])c1.Cl.Cl. The molecule has 7 nitrogen and oxygen atoms in total. The number of rotatable bonds is 3. The van der Waals surface area contributed by atoms with Gasteiger partial charge < -0.3 is 9.80 Å². The van der Waals surface area contributed by atoms with E-state index in [4.69, 9.17) is 10.8 Å². The number of hydrogen-bond acceptors (Lipinski definition) is 4. The van der Waals surface area contributed by atoms with Crippen LogP contribution in [0.2, 0.25) is 0 Å². The maximum Gasteiger partial charge on any atom is 0.270 e. The summed E-state index contributed by atoms with van der Waals surface area (Å²) in [7, 11) is 6.77. The van der Waals surface area contributed by atoms with Crippen LogP contribution in [-0.2, 0) is 0 Å². The Morgan fingerprint density at radius 2 is 1.29 bits per heavy atom. The van der Waals surface area contributed by atoms with E-state index in [9.17, 15) is 10.1 Å². The van der Waals surface area contributed by atoms with Crippen molar-refractivity contribution in [2.75, 3.05) is 28.2 Å². The average molecular weight is 336 g/mol. The van der Waals surface area contributed by atoms with Crippen LogP contribution in [0, 0.1) is 20.9 Å². The fourth-order valence-electron chi connectivity index (χ4n) is 1.51. The fourth-order valence-corrected chi connectivity index (χ4v) is 1.51. The molecule has 0 saturated heterocycles. The molecule has 21 heavy (non-hydrogen) atoms. The molecule has 9 heteroatoms. The van der Waals surface area contributed by atoms with Crippen molar-refractivity contribution in [3.63, 3.8) is 0 Å². The average Bonchev–Trinajstić information content (AvgIpc) is 2.35. The van der Waals surface area contributed by atoms with Crippen molar-refractivity contribution >= 4 is 42.2 Å². The molecule has 1 rings (SSSR count). The van der Waals surface area contributed by atoms with Crippen molar-refractivity contribution in [1.82, 2.24) is 9.80 Å². The van der Waals surface area contributed by atoms with Crippen molar-refractivity contribution in [2.45, 2.75) is 0 Å². The van der Waals surface area contributed by atoms with Gasteiger partial charge >= 0.3 is 0 Å². The van der Waals surface area contributed by atoms with Crippen molar-refractivity contribution < 1.29 is 4.92 Å². The highest BCUT2D eigenvalue weighted by Crippen LogP contribution is 2.19. The minimum atomic E-state index is -0.515. The predicted octanol–water partition coefficient (Wildman–Crippen LogP) is 2.21. The van der Waals surface area contributed by atoms with Gasteiger partial charge in [0.15, 0.2) is 0 Å². The zero-order chi connectivity index (χ0) is 14.7. The van der Waals surface area contributed by atoms with Gasteiger partial charge in [0.2, 0.25) is 0 Å². The van der Waals surface area contributed by atoms with Crippen LogP contribution in [0.25, 0.3) is 0 Å². The minimum absolute atomic E-state index is 0. The number of nitrogens with one attached hydrogen (secondary N) is 2. The Morgan fingerprint density at radius 1 is 0.952 bits per heavy atom. The van der Waals surface area contributed by atoms with Crippen molar-refractivity contribution in [3.8, 4) is 0 Å². The molecule has 1 aromatic rings. The van der Waals surface area contributed by atoms with Gasteiger partial charge in [-0.3, -0.25) is 20.9 Å². The molecule has 0 bridgehead atoms. The maximum atomic E-state index is 10.9. The quantitative estimate of drug-likeness (QED) is 0.383. The Labute approximate surface area is 135 Å². The molecule has 0 heterocycles. The summed E-state index contributed by atoms with van der Waals surface area (Å²) < 4.78 is 0. The summed E-state index contributed by atoms with van der Waals surface area (Å²) in [4.78, 5) is 13.5. The van der Waals surface area contributed by atoms with E-state index in [0.717, 1.165) is 0 Å². The molecule has 1 aromatic carbocycles. The second-order valence-electron chi connectivity index (χ2n) is 4.51. The van der Waals surface area contributed by atoms with Crippen LogP contribution in [0.5, 0.6) is 0 Å². The molecule has 0 fully saturated rings. The van der Waals surface area contributed by atoms with Crippen molar-refractivity contribution in [1.29, 1.82) is 10.8 Å². The predicted molar refractivity (Wildman–Crippen MR) is 88.6 cm³/mol. The van der Waals surface area contributed by atoms with Gasteiger partial charge in [-0.25, -0.2) is 0 Å². The first kappa shape index (κ1) is 21.4. The van der Waals surface area contributed by atoms with E-state index < -0.39 is 4.92 Å². The van der Waals surface area contributed by atoms with E-state index in [1.54, 1.807) is 44.1 Å². The highest BCUT2D eigenvalue weighted by molar-refractivity contribution is 6.02. The van der Waals surface area contributed by atoms with Crippen LogP contribution in [-0.4, -0.2) is 54.6 Å². The third-order valence-electron chi connectivity index (χ3n) is 2.57. The molecule has 2 N–H and O–H groups in total. The number of amidine groups is 2. The van der Waals surface area contributed by atoms with Gasteiger partial charge in [0.1, 0.15) is 11.7 Å². The summed E-state index contributed by atoms with van der Waals surface area (Å²) in [5, 5.41) is 26.7. The smallest absolute Gasteiger partial charge is 0.270 e. The van der Waals surface area contributed by atoms with Crippen LogP contribution >= 0.6 is 24.8 Å². The zero-order valence-electron chi connectivity index (χ0n) is 12.2. The van der Waals surface area contributed by atoms with E-state index in [2.05, 4.69) is 0 Å². The number of nitro benzene ring substituents is 1. The largest absolute Gasteiger partial charge is 0.363 e. The van der Waals surface area contributed by atoms with Crippen LogP contribution < -0.4 is 0 Å². The van der Waals surface area contributed by atoms with Gasteiger partial charge in [-0.2, -0.15) is 0 Å². The summed E-state index contributed by atoms with van der Waals surface area (Å²) in [6, 6.07) is 4.29. The molecular weight excluding hydrogens is 317 g/mol. The van der Waals surface area contributed by atoms with Gasteiger partial charge in [0.05, 0.1) is 4.92 Å². The van der Waals surface area contributed by atoms with Crippen molar-refractivity contribution in [2.24, 2.45) is 0 Å². The summed E-state index contributed by atoms with van der Waals surface area (Å²) in [6.45, 7) is 0. The molecule has 0 aliphatic carbocycles. The van der Waals surface area contributed by atoms with Gasteiger partial charge in [-0.15, -0.1) is 24.8 Å². The fraction of sp³-hybridized carbons (Fsp3) is 0.333. The maximum absolute atomic E-state index is 10.9. The lowest BCUT2D eigenvalue weighted by atomic mass is 10.1.